The van der Waals surface area contributed by atoms with Crippen LogP contribution in [0.4, 0.5) is 4.79 Å². The lowest BCUT2D eigenvalue weighted by molar-refractivity contribution is 0.117. The van der Waals surface area contributed by atoms with E-state index in [1.54, 1.807) is 24.0 Å². The summed E-state index contributed by atoms with van der Waals surface area (Å²) in [5.41, 5.74) is -2.06. The van der Waals surface area contributed by atoms with Gasteiger partial charge >= 0.3 is 11.8 Å². The number of aromatic amines is 1. The summed E-state index contributed by atoms with van der Waals surface area (Å²) in [5, 5.41) is 12.9. The minimum Gasteiger partial charge on any atom is -0.427 e. The number of aromatic nitrogens is 4. The van der Waals surface area contributed by atoms with E-state index in [9.17, 15) is 22.8 Å². The predicted octanol–water partition coefficient (Wildman–Crippen LogP) is 0.00418. The molecule has 1 amide bonds. The fourth-order valence-electron chi connectivity index (χ4n) is 2.74. The van der Waals surface area contributed by atoms with E-state index >= 15 is 0 Å². The van der Waals surface area contributed by atoms with Crippen molar-refractivity contribution in [3.05, 3.63) is 44.9 Å². The average Bonchev–Trinajstić information content (AvgIpc) is 3.08. The number of hydrogen-bond acceptors (Lipinski definition) is 9. The number of thiophene rings is 1. The van der Waals surface area contributed by atoms with Gasteiger partial charge in [-0.1, -0.05) is 0 Å². The van der Waals surface area contributed by atoms with E-state index in [1.165, 1.54) is 10.9 Å². The summed E-state index contributed by atoms with van der Waals surface area (Å²) in [4.78, 5) is 39.4. The maximum Gasteiger partial charge on any atom is 0.422 e. The van der Waals surface area contributed by atoms with Gasteiger partial charge in [0, 0.05) is 31.6 Å². The van der Waals surface area contributed by atoms with Crippen LogP contribution in [0.15, 0.2) is 32.3 Å². The van der Waals surface area contributed by atoms with Crippen LogP contribution in [0.5, 0.6) is 0 Å². The molecule has 2 N–H and O–H groups in total. The summed E-state index contributed by atoms with van der Waals surface area (Å²) in [6.45, 7) is -0.0449. The van der Waals surface area contributed by atoms with Crippen LogP contribution in [-0.2, 0) is 28.4 Å². The Morgan fingerprint density at radius 3 is 2.80 bits per heavy atom. The second kappa shape index (κ2) is 6.82. The number of ether oxygens (including phenoxy) is 1. The van der Waals surface area contributed by atoms with Crippen molar-refractivity contribution in [1.82, 2.24) is 24.1 Å². The van der Waals surface area contributed by atoms with E-state index in [1.807, 2.05) is 0 Å². The van der Waals surface area contributed by atoms with E-state index in [4.69, 9.17) is 10.00 Å². The highest BCUT2D eigenvalue weighted by molar-refractivity contribution is 7.92. The van der Waals surface area contributed by atoms with E-state index < -0.39 is 33.0 Å². The Hall–Kier alpha value is -3.44. The van der Waals surface area contributed by atoms with E-state index in [2.05, 4.69) is 10.1 Å². The van der Waals surface area contributed by atoms with Crippen LogP contribution < -0.4 is 16.0 Å². The number of amides is 1. The number of nitrogens with one attached hydrogen (secondary N) is 2. The molecule has 0 aliphatic heterocycles. The van der Waals surface area contributed by atoms with Gasteiger partial charge in [-0.25, -0.2) is 22.7 Å². The zero-order valence-electron chi connectivity index (χ0n) is 15.4. The van der Waals surface area contributed by atoms with Gasteiger partial charge in [-0.2, -0.15) is 10.4 Å². The van der Waals surface area contributed by atoms with Gasteiger partial charge in [0.2, 0.25) is 0 Å². The van der Waals surface area contributed by atoms with E-state index in [0.717, 1.165) is 10.6 Å². The molecular formula is C16H14N6O6S2. The van der Waals surface area contributed by atoms with Crippen molar-refractivity contribution in [3.63, 3.8) is 0 Å². The van der Waals surface area contributed by atoms with Gasteiger partial charge in [0.15, 0.2) is 5.60 Å². The van der Waals surface area contributed by atoms with Crippen molar-refractivity contribution >= 4 is 37.7 Å². The normalized spacial score (nSPS) is 14.9. The van der Waals surface area contributed by atoms with Crippen molar-refractivity contribution < 1.29 is 17.9 Å². The van der Waals surface area contributed by atoms with Crippen LogP contribution in [-0.4, -0.2) is 39.4 Å². The Kier molecular flexibility index (Phi) is 4.51. The molecule has 0 saturated heterocycles. The molecule has 14 heteroatoms. The second-order valence-corrected chi connectivity index (χ2v) is 9.71. The number of carbonyl (C=O) groups is 1. The Bertz CT molecular complexity index is 1430. The fraction of sp³-hybridized carbons (Fsp3) is 0.312. The van der Waals surface area contributed by atoms with Gasteiger partial charge in [0.25, 0.3) is 15.6 Å². The topological polar surface area (TPSA) is 169 Å². The zero-order valence-corrected chi connectivity index (χ0v) is 17.0. The number of fused-ring (bicyclic) bond motifs is 1. The van der Waals surface area contributed by atoms with Gasteiger partial charge in [0.05, 0.1) is 18.1 Å². The first-order valence-electron chi connectivity index (χ1n) is 8.54. The first kappa shape index (κ1) is 19.9. The molecule has 30 heavy (non-hydrogen) atoms. The molecule has 0 radical (unpaired) electrons. The van der Waals surface area contributed by atoms with Crippen molar-refractivity contribution in [2.75, 3.05) is 0 Å². The molecule has 3 heterocycles. The molecule has 4 rings (SSSR count). The van der Waals surface area contributed by atoms with Crippen molar-refractivity contribution in [1.29, 1.82) is 5.26 Å². The Balaban J connectivity index is 1.65. The second-order valence-electron chi connectivity index (χ2n) is 6.75. The third-order valence-electron chi connectivity index (χ3n) is 4.43. The van der Waals surface area contributed by atoms with Crippen LogP contribution in [0.2, 0.25) is 0 Å². The summed E-state index contributed by atoms with van der Waals surface area (Å²) in [6, 6.07) is 2.88. The summed E-state index contributed by atoms with van der Waals surface area (Å²) >= 11 is 0.624. The number of nitriles is 1. The molecule has 0 atom stereocenters. The molecule has 0 unspecified atom stereocenters. The SMILES string of the molecule is Cn1cc(Cn2c(=O)[nH]c3sc(S(=O)(=O)NC(=O)OC4(C#N)CC4)cc3c2=O)cn1. The Labute approximate surface area is 172 Å². The van der Waals surface area contributed by atoms with Crippen LogP contribution in [0.1, 0.15) is 18.4 Å². The lowest BCUT2D eigenvalue weighted by Gasteiger charge is -2.09. The number of carbonyl (C=O) groups excluding carboxylic acids is 1. The van der Waals surface area contributed by atoms with Gasteiger partial charge < -0.3 is 4.74 Å². The molecule has 1 saturated carbocycles. The average molecular weight is 450 g/mol. The highest BCUT2D eigenvalue weighted by Crippen LogP contribution is 2.38. The van der Waals surface area contributed by atoms with Crippen molar-refractivity contribution in [2.24, 2.45) is 7.05 Å². The van der Waals surface area contributed by atoms with Crippen LogP contribution in [0.3, 0.4) is 0 Å². The number of rotatable bonds is 5. The highest BCUT2D eigenvalue weighted by atomic mass is 32.2. The van der Waals surface area contributed by atoms with Crippen LogP contribution in [0.25, 0.3) is 10.2 Å². The monoisotopic (exact) mass is 450 g/mol. The van der Waals surface area contributed by atoms with Gasteiger partial charge in [-0.15, -0.1) is 11.3 Å². The van der Waals surface area contributed by atoms with Crippen LogP contribution >= 0.6 is 11.3 Å². The lowest BCUT2D eigenvalue weighted by atomic mass is 10.3. The van der Waals surface area contributed by atoms with Crippen molar-refractivity contribution in [2.45, 2.75) is 29.2 Å². The molecular weight excluding hydrogens is 436 g/mol. The van der Waals surface area contributed by atoms with Gasteiger partial charge in [0.1, 0.15) is 15.1 Å². The molecule has 1 aliphatic rings. The first-order chi connectivity index (χ1) is 14.1. The molecule has 12 nitrogen and oxygen atoms in total. The summed E-state index contributed by atoms with van der Waals surface area (Å²) < 4.78 is 33.6. The molecule has 1 aliphatic carbocycles. The highest BCUT2D eigenvalue weighted by Gasteiger charge is 2.48. The van der Waals surface area contributed by atoms with E-state index in [0.29, 0.717) is 29.7 Å². The molecule has 3 aromatic rings. The summed E-state index contributed by atoms with van der Waals surface area (Å²) in [5.74, 6) is 0. The van der Waals surface area contributed by atoms with Crippen molar-refractivity contribution in [3.8, 4) is 6.07 Å². The maximum absolute atomic E-state index is 12.7. The standard InChI is InChI=1S/C16H14N6O6S2/c1-21-6-9(5-18-21)7-22-13(23)10-4-11(29-12(10)19-14(22)24)30(26,27)20-15(25)28-16(8-17)2-3-16/h4-6H,2-3,7H2,1H3,(H,19,24)(H,20,25). The summed E-state index contributed by atoms with van der Waals surface area (Å²) in [6.07, 6.45) is 2.52. The molecule has 1 fully saturated rings. The minimum absolute atomic E-state index is 0.0204. The minimum atomic E-state index is -4.37. The molecule has 0 spiro atoms. The number of H-pyrrole nitrogens is 1. The third kappa shape index (κ3) is 3.60. The summed E-state index contributed by atoms with van der Waals surface area (Å²) in [7, 11) is -2.68. The maximum atomic E-state index is 12.7. The Morgan fingerprint density at radius 2 is 2.20 bits per heavy atom. The zero-order chi connectivity index (χ0) is 21.7. The molecule has 0 bridgehead atoms. The van der Waals surface area contributed by atoms with E-state index in [-0.39, 0.29) is 21.0 Å². The fourth-order valence-corrected chi connectivity index (χ4v) is 4.96. The number of aryl methyl sites for hydroxylation is 1. The lowest BCUT2D eigenvalue weighted by Crippen LogP contribution is -2.34. The largest absolute Gasteiger partial charge is 0.427 e. The molecule has 0 aromatic carbocycles. The van der Waals surface area contributed by atoms with Gasteiger partial charge in [-0.3, -0.25) is 19.0 Å². The third-order valence-corrected chi connectivity index (χ3v) is 7.26. The smallest absolute Gasteiger partial charge is 0.422 e. The number of nitrogens with zero attached hydrogens (tertiary/aromatic N) is 4. The number of hydrogen-bond donors (Lipinski definition) is 2. The van der Waals surface area contributed by atoms with Crippen LogP contribution in [0, 0.1) is 11.3 Å². The predicted molar refractivity (Wildman–Crippen MR) is 103 cm³/mol. The Morgan fingerprint density at radius 1 is 1.47 bits per heavy atom. The molecule has 3 aromatic heterocycles. The number of sulfonamides is 1. The quantitative estimate of drug-likeness (QED) is 0.547. The van der Waals surface area contributed by atoms with Gasteiger partial charge in [-0.05, 0) is 6.07 Å². The first-order valence-corrected chi connectivity index (χ1v) is 10.8. The molecule has 156 valence electrons.